The van der Waals surface area contributed by atoms with Gasteiger partial charge in [-0.2, -0.15) is 0 Å². The first-order valence-corrected chi connectivity index (χ1v) is 10.4. The van der Waals surface area contributed by atoms with Gasteiger partial charge in [0, 0.05) is 20.0 Å². The van der Waals surface area contributed by atoms with E-state index < -0.39 is 6.04 Å². The first-order valence-electron chi connectivity index (χ1n) is 10.4. The Morgan fingerprint density at radius 2 is 1.52 bits per heavy atom. The van der Waals surface area contributed by atoms with Crippen LogP contribution in [-0.2, 0) is 27.8 Å². The van der Waals surface area contributed by atoms with Crippen molar-refractivity contribution in [3.63, 3.8) is 0 Å². The third kappa shape index (κ3) is 6.74. The second-order valence-electron chi connectivity index (χ2n) is 8.56. The second kappa shape index (κ2) is 10.2. The van der Waals surface area contributed by atoms with Gasteiger partial charge >= 0.3 is 0 Å². The maximum absolute atomic E-state index is 13.0. The van der Waals surface area contributed by atoms with E-state index in [4.69, 9.17) is 0 Å². The number of aryl methyl sites for hydroxylation is 1. The SMILES string of the molecule is CNC(=O)[C@H](C)N(CCc1ccccc1)C(=O)CCc1ccc(C(C)(C)C)cc1. The van der Waals surface area contributed by atoms with Gasteiger partial charge in [-0.15, -0.1) is 0 Å². The van der Waals surface area contributed by atoms with E-state index in [1.54, 1.807) is 18.9 Å². The van der Waals surface area contributed by atoms with E-state index in [9.17, 15) is 9.59 Å². The summed E-state index contributed by atoms with van der Waals surface area (Å²) >= 11 is 0. The van der Waals surface area contributed by atoms with Crippen molar-refractivity contribution in [3.05, 3.63) is 71.3 Å². The number of nitrogens with zero attached hydrogens (tertiary/aromatic N) is 1. The molecule has 4 nitrogen and oxygen atoms in total. The fourth-order valence-electron chi connectivity index (χ4n) is 3.35. The van der Waals surface area contributed by atoms with Crippen molar-refractivity contribution in [1.82, 2.24) is 10.2 Å². The molecule has 4 heteroatoms. The number of rotatable bonds is 8. The average molecular weight is 395 g/mol. The standard InChI is InChI=1S/C25H34N2O2/c1-19(24(29)26-5)27(18-17-20-9-7-6-8-10-20)23(28)16-13-21-11-14-22(15-12-21)25(2,3)4/h6-12,14-15,19H,13,16-18H2,1-5H3,(H,26,29)/t19-/m0/s1. The lowest BCUT2D eigenvalue weighted by Crippen LogP contribution is -2.48. The summed E-state index contributed by atoms with van der Waals surface area (Å²) in [6, 6.07) is 18.0. The van der Waals surface area contributed by atoms with Crippen molar-refractivity contribution < 1.29 is 9.59 Å². The minimum Gasteiger partial charge on any atom is -0.357 e. The predicted octanol–water partition coefficient (Wildman–Crippen LogP) is 4.12. The van der Waals surface area contributed by atoms with Gasteiger partial charge < -0.3 is 10.2 Å². The quantitative estimate of drug-likeness (QED) is 0.732. The largest absolute Gasteiger partial charge is 0.357 e. The molecule has 2 aromatic carbocycles. The molecule has 0 saturated heterocycles. The van der Waals surface area contributed by atoms with E-state index in [0.717, 1.165) is 17.5 Å². The molecule has 2 amide bonds. The molecule has 2 rings (SSSR count). The van der Waals surface area contributed by atoms with Gasteiger partial charge in [-0.1, -0.05) is 75.4 Å². The van der Waals surface area contributed by atoms with Crippen molar-refractivity contribution in [2.24, 2.45) is 0 Å². The molecule has 0 fully saturated rings. The Morgan fingerprint density at radius 3 is 2.07 bits per heavy atom. The molecule has 1 atom stereocenters. The van der Waals surface area contributed by atoms with Crippen LogP contribution >= 0.6 is 0 Å². The fraction of sp³-hybridized carbons (Fsp3) is 0.440. The first kappa shape index (κ1) is 22.7. The summed E-state index contributed by atoms with van der Waals surface area (Å²) in [6.07, 6.45) is 1.80. The van der Waals surface area contributed by atoms with Gasteiger partial charge in [0.15, 0.2) is 0 Å². The number of carbonyl (C=O) groups excluding carboxylic acids is 2. The minimum atomic E-state index is -0.487. The van der Waals surface area contributed by atoms with Crippen molar-refractivity contribution in [3.8, 4) is 0 Å². The zero-order valence-electron chi connectivity index (χ0n) is 18.4. The molecule has 0 unspecified atom stereocenters. The van der Waals surface area contributed by atoms with Crippen molar-refractivity contribution >= 4 is 11.8 Å². The van der Waals surface area contributed by atoms with E-state index in [1.807, 2.05) is 30.3 Å². The Balaban J connectivity index is 2.03. The van der Waals surface area contributed by atoms with Crippen molar-refractivity contribution in [2.75, 3.05) is 13.6 Å². The van der Waals surface area contributed by atoms with E-state index in [-0.39, 0.29) is 17.2 Å². The molecule has 0 bridgehead atoms. The normalized spacial score (nSPS) is 12.3. The lowest BCUT2D eigenvalue weighted by Gasteiger charge is -2.28. The summed E-state index contributed by atoms with van der Waals surface area (Å²) < 4.78 is 0. The van der Waals surface area contributed by atoms with Crippen LogP contribution in [0, 0.1) is 0 Å². The summed E-state index contributed by atoms with van der Waals surface area (Å²) in [6.45, 7) is 8.89. The maximum atomic E-state index is 13.0. The van der Waals surface area contributed by atoms with Crippen LogP contribution in [0.2, 0.25) is 0 Å². The van der Waals surface area contributed by atoms with E-state index in [2.05, 4.69) is 50.4 Å². The number of amides is 2. The van der Waals surface area contributed by atoms with E-state index in [0.29, 0.717) is 19.4 Å². The lowest BCUT2D eigenvalue weighted by atomic mass is 9.86. The molecule has 0 spiro atoms. The Bertz CT molecular complexity index is 792. The van der Waals surface area contributed by atoms with Gasteiger partial charge in [0.1, 0.15) is 6.04 Å². The van der Waals surface area contributed by atoms with Crippen LogP contribution in [0.5, 0.6) is 0 Å². The highest BCUT2D eigenvalue weighted by Gasteiger charge is 2.24. The Labute approximate surface area is 175 Å². The summed E-state index contributed by atoms with van der Waals surface area (Å²) in [4.78, 5) is 26.8. The molecule has 0 aliphatic rings. The van der Waals surface area contributed by atoms with Crippen LogP contribution in [0.25, 0.3) is 0 Å². The number of carbonyl (C=O) groups is 2. The molecule has 29 heavy (non-hydrogen) atoms. The Kier molecular flexibility index (Phi) is 8.00. The molecular formula is C25H34N2O2. The van der Waals surface area contributed by atoms with Gasteiger partial charge in [-0.05, 0) is 41.9 Å². The number of hydrogen-bond donors (Lipinski definition) is 1. The van der Waals surface area contributed by atoms with E-state index >= 15 is 0 Å². The second-order valence-corrected chi connectivity index (χ2v) is 8.56. The smallest absolute Gasteiger partial charge is 0.242 e. The molecule has 0 radical (unpaired) electrons. The van der Waals surface area contributed by atoms with Gasteiger partial charge in [0.25, 0.3) is 0 Å². The van der Waals surface area contributed by atoms with Crippen LogP contribution in [0.4, 0.5) is 0 Å². The van der Waals surface area contributed by atoms with Gasteiger partial charge in [0.05, 0.1) is 0 Å². The highest BCUT2D eigenvalue weighted by molar-refractivity contribution is 5.87. The molecule has 1 N–H and O–H groups in total. The van der Waals surface area contributed by atoms with Crippen molar-refractivity contribution in [1.29, 1.82) is 0 Å². The molecule has 0 saturated carbocycles. The van der Waals surface area contributed by atoms with Crippen LogP contribution < -0.4 is 5.32 Å². The van der Waals surface area contributed by atoms with Gasteiger partial charge in [-0.3, -0.25) is 9.59 Å². The lowest BCUT2D eigenvalue weighted by molar-refractivity contribution is -0.139. The zero-order valence-corrected chi connectivity index (χ0v) is 18.4. The highest BCUT2D eigenvalue weighted by atomic mass is 16.2. The number of likely N-dealkylation sites (N-methyl/N-ethyl adjacent to an activating group) is 1. The van der Waals surface area contributed by atoms with Crippen molar-refractivity contribution in [2.45, 2.75) is 58.4 Å². The number of hydrogen-bond acceptors (Lipinski definition) is 2. The molecule has 0 heterocycles. The van der Waals surface area contributed by atoms with Gasteiger partial charge in [-0.25, -0.2) is 0 Å². The predicted molar refractivity (Wildman–Crippen MR) is 119 cm³/mol. The van der Waals surface area contributed by atoms with Gasteiger partial charge in [0.2, 0.25) is 11.8 Å². The molecule has 156 valence electrons. The fourth-order valence-corrected chi connectivity index (χ4v) is 3.35. The monoisotopic (exact) mass is 394 g/mol. The highest BCUT2D eigenvalue weighted by Crippen LogP contribution is 2.22. The topological polar surface area (TPSA) is 49.4 Å². The zero-order chi connectivity index (χ0) is 21.4. The Morgan fingerprint density at radius 1 is 0.931 bits per heavy atom. The first-order chi connectivity index (χ1) is 13.7. The van der Waals surface area contributed by atoms with Crippen LogP contribution in [0.15, 0.2) is 54.6 Å². The summed E-state index contributed by atoms with van der Waals surface area (Å²) in [5.74, 6) is -0.127. The molecular weight excluding hydrogens is 360 g/mol. The average Bonchev–Trinajstić information content (AvgIpc) is 2.72. The Hall–Kier alpha value is -2.62. The summed E-state index contributed by atoms with van der Waals surface area (Å²) in [7, 11) is 1.61. The molecule has 0 aromatic heterocycles. The van der Waals surface area contributed by atoms with Crippen LogP contribution in [0.3, 0.4) is 0 Å². The third-order valence-electron chi connectivity index (χ3n) is 5.35. The summed E-state index contributed by atoms with van der Waals surface area (Å²) in [5, 5.41) is 2.66. The van der Waals surface area contributed by atoms with E-state index in [1.165, 1.54) is 5.56 Å². The summed E-state index contributed by atoms with van der Waals surface area (Å²) in [5.41, 5.74) is 3.70. The number of nitrogens with one attached hydrogen (secondary N) is 1. The molecule has 2 aromatic rings. The third-order valence-corrected chi connectivity index (χ3v) is 5.35. The molecule has 0 aliphatic carbocycles. The van der Waals surface area contributed by atoms with Crippen LogP contribution in [0.1, 0.15) is 50.8 Å². The minimum absolute atomic E-state index is 0.0110. The number of benzene rings is 2. The molecule has 0 aliphatic heterocycles. The van der Waals surface area contributed by atoms with Crippen LogP contribution in [-0.4, -0.2) is 36.3 Å². The maximum Gasteiger partial charge on any atom is 0.242 e.